The highest BCUT2D eigenvalue weighted by Crippen LogP contribution is 2.17. The van der Waals surface area contributed by atoms with E-state index in [1.807, 2.05) is 0 Å². The molecule has 1 aromatic carbocycles. The molecule has 0 fully saturated rings. The van der Waals surface area contributed by atoms with Gasteiger partial charge in [-0.05, 0) is 44.5 Å². The molecule has 0 aliphatic carbocycles. The lowest BCUT2D eigenvalue weighted by molar-refractivity contribution is -0.139. The SMILES string of the molecule is CC(C)(C(=O)O)S(=O)CCCOc1ccc(Cl)cc1. The lowest BCUT2D eigenvalue weighted by atomic mass is 10.2. The number of carboxylic acid groups (broad SMARTS) is 1. The molecule has 0 aliphatic heterocycles. The van der Waals surface area contributed by atoms with Crippen molar-refractivity contribution in [3.8, 4) is 5.75 Å². The molecule has 0 amide bonds. The topological polar surface area (TPSA) is 63.6 Å². The number of benzene rings is 1. The number of ether oxygens (including phenoxy) is 1. The van der Waals surface area contributed by atoms with Gasteiger partial charge >= 0.3 is 5.97 Å². The average molecular weight is 305 g/mol. The van der Waals surface area contributed by atoms with E-state index in [9.17, 15) is 9.00 Å². The summed E-state index contributed by atoms with van der Waals surface area (Å²) in [6, 6.07) is 6.95. The fourth-order valence-corrected chi connectivity index (χ4v) is 2.47. The first-order valence-corrected chi connectivity index (χ1v) is 7.54. The van der Waals surface area contributed by atoms with Crippen molar-refractivity contribution in [3.63, 3.8) is 0 Å². The van der Waals surface area contributed by atoms with Gasteiger partial charge in [0, 0.05) is 21.6 Å². The van der Waals surface area contributed by atoms with Crippen LogP contribution in [0.2, 0.25) is 5.02 Å². The van der Waals surface area contributed by atoms with Crippen molar-refractivity contribution in [1.29, 1.82) is 0 Å². The smallest absolute Gasteiger partial charge is 0.321 e. The quantitative estimate of drug-likeness (QED) is 0.787. The van der Waals surface area contributed by atoms with Gasteiger partial charge in [-0.1, -0.05) is 11.6 Å². The number of hydrogen-bond acceptors (Lipinski definition) is 3. The molecule has 1 unspecified atom stereocenters. The standard InChI is InChI=1S/C13H17ClO4S/c1-13(2,12(15)16)19(17)9-3-8-18-11-6-4-10(14)5-7-11/h4-7H,3,8-9H2,1-2H3,(H,15,16). The Kier molecular flexibility index (Phi) is 5.82. The Morgan fingerprint density at radius 2 is 1.95 bits per heavy atom. The van der Waals surface area contributed by atoms with Gasteiger partial charge in [-0.2, -0.15) is 0 Å². The lowest BCUT2D eigenvalue weighted by Crippen LogP contribution is -2.37. The summed E-state index contributed by atoms with van der Waals surface area (Å²) in [7, 11) is -1.42. The van der Waals surface area contributed by atoms with Crippen LogP contribution in [0.5, 0.6) is 5.75 Å². The van der Waals surface area contributed by atoms with Gasteiger partial charge < -0.3 is 9.84 Å². The molecule has 0 saturated heterocycles. The summed E-state index contributed by atoms with van der Waals surface area (Å²) in [5.74, 6) is -0.0653. The predicted molar refractivity (Wildman–Crippen MR) is 76.3 cm³/mol. The van der Waals surface area contributed by atoms with Gasteiger partial charge in [0.05, 0.1) is 6.61 Å². The summed E-state index contributed by atoms with van der Waals surface area (Å²) in [5.41, 5.74) is 0. The Bertz CT molecular complexity index is 456. The summed E-state index contributed by atoms with van der Waals surface area (Å²) in [6.45, 7) is 3.32. The molecular weight excluding hydrogens is 288 g/mol. The Balaban J connectivity index is 2.33. The van der Waals surface area contributed by atoms with Crippen molar-refractivity contribution in [1.82, 2.24) is 0 Å². The number of hydrogen-bond donors (Lipinski definition) is 1. The zero-order valence-corrected chi connectivity index (χ0v) is 12.5. The summed E-state index contributed by atoms with van der Waals surface area (Å²) in [5, 5.41) is 9.57. The van der Waals surface area contributed by atoms with E-state index in [-0.39, 0.29) is 0 Å². The molecule has 106 valence electrons. The largest absolute Gasteiger partial charge is 0.494 e. The molecule has 0 saturated carbocycles. The highest BCUT2D eigenvalue weighted by atomic mass is 35.5. The first-order valence-electron chi connectivity index (χ1n) is 5.84. The zero-order chi connectivity index (χ0) is 14.5. The second-order valence-electron chi connectivity index (χ2n) is 4.52. The van der Waals surface area contributed by atoms with Gasteiger partial charge in [0.25, 0.3) is 0 Å². The van der Waals surface area contributed by atoms with Crippen molar-refractivity contribution >= 4 is 28.4 Å². The Hall–Kier alpha value is -1.07. The van der Waals surface area contributed by atoms with E-state index >= 15 is 0 Å². The molecule has 0 aromatic heterocycles. The Labute approximate surface area is 120 Å². The van der Waals surface area contributed by atoms with E-state index in [1.54, 1.807) is 24.3 Å². The molecule has 19 heavy (non-hydrogen) atoms. The first-order chi connectivity index (χ1) is 8.84. The van der Waals surface area contributed by atoms with E-state index in [1.165, 1.54) is 13.8 Å². The third kappa shape index (κ3) is 4.84. The van der Waals surface area contributed by atoms with Crippen LogP contribution in [0.25, 0.3) is 0 Å². The third-order valence-electron chi connectivity index (χ3n) is 2.64. The molecule has 0 radical (unpaired) electrons. The molecule has 0 spiro atoms. The van der Waals surface area contributed by atoms with Crippen molar-refractivity contribution in [2.24, 2.45) is 0 Å². The molecular formula is C13H17ClO4S. The van der Waals surface area contributed by atoms with Crippen molar-refractivity contribution in [2.75, 3.05) is 12.4 Å². The molecule has 1 aromatic rings. The van der Waals surface area contributed by atoms with Crippen LogP contribution in [-0.2, 0) is 15.6 Å². The van der Waals surface area contributed by atoms with E-state index in [0.29, 0.717) is 29.6 Å². The van der Waals surface area contributed by atoms with E-state index in [0.717, 1.165) is 0 Å². The molecule has 4 nitrogen and oxygen atoms in total. The normalized spacial score (nSPS) is 13.0. The second-order valence-corrected chi connectivity index (χ2v) is 7.08. The number of carbonyl (C=O) groups is 1. The molecule has 1 N–H and O–H groups in total. The molecule has 1 atom stereocenters. The minimum absolute atomic E-state index is 0.299. The van der Waals surface area contributed by atoms with Crippen LogP contribution in [0.4, 0.5) is 0 Å². The van der Waals surface area contributed by atoms with Crippen LogP contribution < -0.4 is 4.74 Å². The molecule has 0 bridgehead atoms. The summed E-state index contributed by atoms with van der Waals surface area (Å²) in [4.78, 5) is 10.9. The van der Waals surface area contributed by atoms with E-state index in [2.05, 4.69) is 0 Å². The predicted octanol–water partition coefficient (Wildman–Crippen LogP) is 2.72. The lowest BCUT2D eigenvalue weighted by Gasteiger charge is -2.18. The first kappa shape index (κ1) is 16.0. The van der Waals surface area contributed by atoms with Crippen LogP contribution >= 0.6 is 11.6 Å². The maximum absolute atomic E-state index is 11.8. The van der Waals surface area contributed by atoms with Gasteiger partial charge in [-0.25, -0.2) is 0 Å². The van der Waals surface area contributed by atoms with Gasteiger partial charge in [-0.3, -0.25) is 9.00 Å². The van der Waals surface area contributed by atoms with Gasteiger partial charge in [0.2, 0.25) is 0 Å². The fourth-order valence-electron chi connectivity index (χ4n) is 1.26. The van der Waals surface area contributed by atoms with E-state index < -0.39 is 21.5 Å². The minimum atomic E-state index is -1.42. The van der Waals surface area contributed by atoms with Crippen molar-refractivity contribution in [2.45, 2.75) is 25.0 Å². The number of rotatable bonds is 7. The van der Waals surface area contributed by atoms with Crippen LogP contribution in [-0.4, -0.2) is 32.4 Å². The van der Waals surface area contributed by atoms with Gasteiger partial charge in [0.1, 0.15) is 10.5 Å². The monoisotopic (exact) mass is 304 g/mol. The maximum Gasteiger partial charge on any atom is 0.321 e. The summed E-state index contributed by atoms with van der Waals surface area (Å²) < 4.78 is 16.0. The average Bonchev–Trinajstić information content (AvgIpc) is 2.36. The zero-order valence-electron chi connectivity index (χ0n) is 10.9. The number of halogens is 1. The molecule has 0 heterocycles. The van der Waals surface area contributed by atoms with Gasteiger partial charge in [0.15, 0.2) is 0 Å². The summed E-state index contributed by atoms with van der Waals surface area (Å²) in [6.07, 6.45) is 0.534. The molecule has 0 aliphatic rings. The molecule has 6 heteroatoms. The minimum Gasteiger partial charge on any atom is -0.494 e. The van der Waals surface area contributed by atoms with Gasteiger partial charge in [-0.15, -0.1) is 0 Å². The summed E-state index contributed by atoms with van der Waals surface area (Å²) >= 11 is 5.74. The second kappa shape index (κ2) is 6.91. The van der Waals surface area contributed by atoms with Crippen molar-refractivity contribution < 1.29 is 18.8 Å². The Morgan fingerprint density at radius 1 is 1.37 bits per heavy atom. The maximum atomic E-state index is 11.8. The highest BCUT2D eigenvalue weighted by Gasteiger charge is 2.33. The number of aliphatic carboxylic acids is 1. The number of carboxylic acids is 1. The van der Waals surface area contributed by atoms with Crippen LogP contribution in [0.15, 0.2) is 24.3 Å². The fraction of sp³-hybridized carbons (Fsp3) is 0.462. The van der Waals surface area contributed by atoms with E-state index in [4.69, 9.17) is 21.4 Å². The van der Waals surface area contributed by atoms with Crippen molar-refractivity contribution in [3.05, 3.63) is 29.3 Å². The highest BCUT2D eigenvalue weighted by molar-refractivity contribution is 7.87. The molecule has 1 rings (SSSR count). The van der Waals surface area contributed by atoms with Crippen LogP contribution in [0, 0.1) is 0 Å². The van der Waals surface area contributed by atoms with Crippen LogP contribution in [0.1, 0.15) is 20.3 Å². The Morgan fingerprint density at radius 3 is 2.47 bits per heavy atom. The van der Waals surface area contributed by atoms with Crippen LogP contribution in [0.3, 0.4) is 0 Å². The third-order valence-corrected chi connectivity index (χ3v) is 4.87.